The molecule has 2 aromatic carbocycles. The van der Waals surface area contributed by atoms with Gasteiger partial charge in [-0.25, -0.2) is 4.98 Å². The number of imidazole rings is 1. The van der Waals surface area contributed by atoms with Gasteiger partial charge in [0.1, 0.15) is 23.4 Å². The van der Waals surface area contributed by atoms with Gasteiger partial charge in [-0.1, -0.05) is 30.3 Å². The number of benzene rings is 2. The fourth-order valence-corrected chi connectivity index (χ4v) is 4.09. The fourth-order valence-electron chi connectivity index (χ4n) is 4.09. The molecule has 0 aliphatic carbocycles. The summed E-state index contributed by atoms with van der Waals surface area (Å²) >= 11 is 0. The molecule has 182 valence electrons. The van der Waals surface area contributed by atoms with E-state index >= 15 is 0 Å². The maximum absolute atomic E-state index is 5.94. The average molecular weight is 575 g/mol. The Labute approximate surface area is 219 Å². The van der Waals surface area contributed by atoms with Gasteiger partial charge in [0, 0.05) is 63.0 Å². The van der Waals surface area contributed by atoms with Crippen LogP contribution in [0.25, 0.3) is 0 Å². The van der Waals surface area contributed by atoms with Gasteiger partial charge in [0.05, 0.1) is 6.61 Å². The smallest absolute Gasteiger partial charge is 0.191 e. The maximum atomic E-state index is 5.94. The van der Waals surface area contributed by atoms with E-state index in [0.29, 0.717) is 13.2 Å². The second kappa shape index (κ2) is 12.6. The van der Waals surface area contributed by atoms with E-state index in [9.17, 15) is 0 Å². The van der Waals surface area contributed by atoms with Crippen molar-refractivity contribution in [1.82, 2.24) is 20.2 Å². The lowest BCUT2D eigenvalue weighted by atomic mass is 10.1. The Hall–Kier alpha value is -2.75. The summed E-state index contributed by atoms with van der Waals surface area (Å²) in [5, 5.41) is 6.79. The van der Waals surface area contributed by atoms with Gasteiger partial charge in [-0.3, -0.25) is 4.99 Å². The number of guanidine groups is 1. The van der Waals surface area contributed by atoms with Gasteiger partial charge in [-0.05, 0) is 31.5 Å². The van der Waals surface area contributed by atoms with E-state index in [1.807, 2.05) is 25.4 Å². The molecule has 4 rings (SSSR count). The normalized spacial score (nSPS) is 14.7. The number of halogens is 1. The zero-order chi connectivity index (χ0) is 23.0. The Morgan fingerprint density at radius 3 is 2.82 bits per heavy atom. The largest absolute Gasteiger partial charge is 0.494 e. The van der Waals surface area contributed by atoms with Crippen LogP contribution in [0.3, 0.4) is 0 Å². The van der Waals surface area contributed by atoms with Crippen LogP contribution in [0.2, 0.25) is 0 Å². The van der Waals surface area contributed by atoms with E-state index in [2.05, 4.69) is 68.5 Å². The highest BCUT2D eigenvalue weighted by Crippen LogP contribution is 2.35. The summed E-state index contributed by atoms with van der Waals surface area (Å²) in [4.78, 5) is 8.90. The fraction of sp³-hybridized carbons (Fsp3) is 0.385. The number of nitrogens with one attached hydrogen (secondary N) is 2. The van der Waals surface area contributed by atoms with Crippen LogP contribution in [-0.2, 0) is 25.9 Å². The van der Waals surface area contributed by atoms with Crippen molar-refractivity contribution in [3.63, 3.8) is 0 Å². The van der Waals surface area contributed by atoms with E-state index in [-0.39, 0.29) is 30.1 Å². The van der Waals surface area contributed by atoms with Gasteiger partial charge < -0.3 is 24.7 Å². The standard InChI is InChI=1S/C26H33N5O2.HI/c1-4-32-23-15-21-14-19(2)33-24(21)16-22(23)17-30-26(27-3)29-11-10-25-28-12-13-31(25)18-20-8-6-5-7-9-20;/h5-9,12-13,15-16,19H,4,10-11,14,17-18H2,1-3H3,(H2,27,29,30);1H. The summed E-state index contributed by atoms with van der Waals surface area (Å²) in [6, 6.07) is 14.6. The molecule has 0 fully saturated rings. The number of fused-ring (bicyclic) bond motifs is 1. The second-order valence-electron chi connectivity index (χ2n) is 8.19. The van der Waals surface area contributed by atoms with E-state index < -0.39 is 0 Å². The molecule has 0 saturated carbocycles. The van der Waals surface area contributed by atoms with Crippen molar-refractivity contribution in [1.29, 1.82) is 0 Å². The van der Waals surface area contributed by atoms with Crippen LogP contribution in [0.15, 0.2) is 59.9 Å². The van der Waals surface area contributed by atoms with Gasteiger partial charge in [0.15, 0.2) is 5.96 Å². The molecule has 0 bridgehead atoms. The summed E-state index contributed by atoms with van der Waals surface area (Å²) in [6.45, 7) is 6.88. The molecule has 0 radical (unpaired) electrons. The molecule has 34 heavy (non-hydrogen) atoms. The number of hydrogen-bond donors (Lipinski definition) is 2. The van der Waals surface area contributed by atoms with Crippen LogP contribution >= 0.6 is 24.0 Å². The van der Waals surface area contributed by atoms with Gasteiger partial charge >= 0.3 is 0 Å². The first-order valence-corrected chi connectivity index (χ1v) is 11.6. The minimum absolute atomic E-state index is 0. The lowest BCUT2D eigenvalue weighted by Crippen LogP contribution is -2.38. The first-order valence-electron chi connectivity index (χ1n) is 11.6. The van der Waals surface area contributed by atoms with E-state index in [1.54, 1.807) is 7.05 Å². The van der Waals surface area contributed by atoms with Crippen molar-refractivity contribution in [2.75, 3.05) is 20.2 Å². The number of aliphatic imine (C=N–C) groups is 1. The summed E-state index contributed by atoms with van der Waals surface area (Å²) in [6.07, 6.45) is 5.82. The monoisotopic (exact) mass is 575 g/mol. The molecule has 2 heterocycles. The first-order chi connectivity index (χ1) is 16.2. The number of ether oxygens (including phenoxy) is 2. The number of aromatic nitrogens is 2. The molecule has 0 spiro atoms. The lowest BCUT2D eigenvalue weighted by Gasteiger charge is -2.16. The highest BCUT2D eigenvalue weighted by Gasteiger charge is 2.22. The predicted molar refractivity (Wildman–Crippen MR) is 146 cm³/mol. The van der Waals surface area contributed by atoms with Crippen molar-refractivity contribution in [2.45, 2.75) is 45.9 Å². The minimum Gasteiger partial charge on any atom is -0.494 e. The predicted octanol–water partition coefficient (Wildman–Crippen LogP) is 4.18. The van der Waals surface area contributed by atoms with Crippen molar-refractivity contribution in [2.24, 2.45) is 4.99 Å². The number of nitrogens with zero attached hydrogens (tertiary/aromatic N) is 3. The molecular weight excluding hydrogens is 541 g/mol. The van der Waals surface area contributed by atoms with E-state index in [4.69, 9.17) is 9.47 Å². The van der Waals surface area contributed by atoms with Crippen LogP contribution in [0.5, 0.6) is 11.5 Å². The molecular formula is C26H34IN5O2. The summed E-state index contributed by atoms with van der Waals surface area (Å²) in [7, 11) is 1.78. The van der Waals surface area contributed by atoms with Crippen LogP contribution in [-0.4, -0.2) is 41.8 Å². The zero-order valence-electron chi connectivity index (χ0n) is 20.1. The Kier molecular flexibility index (Phi) is 9.62. The molecule has 0 amide bonds. The zero-order valence-corrected chi connectivity index (χ0v) is 22.4. The molecule has 1 aliphatic rings. The second-order valence-corrected chi connectivity index (χ2v) is 8.19. The van der Waals surface area contributed by atoms with E-state index in [1.165, 1.54) is 11.1 Å². The third kappa shape index (κ3) is 6.65. The third-order valence-electron chi connectivity index (χ3n) is 5.69. The quantitative estimate of drug-likeness (QED) is 0.228. The van der Waals surface area contributed by atoms with Crippen LogP contribution in [0, 0.1) is 0 Å². The van der Waals surface area contributed by atoms with Gasteiger partial charge in [0.2, 0.25) is 0 Å². The topological polar surface area (TPSA) is 72.7 Å². The Morgan fingerprint density at radius 2 is 2.06 bits per heavy atom. The maximum Gasteiger partial charge on any atom is 0.191 e. The molecule has 7 nitrogen and oxygen atoms in total. The van der Waals surface area contributed by atoms with Crippen molar-refractivity contribution < 1.29 is 9.47 Å². The molecule has 1 unspecified atom stereocenters. The highest BCUT2D eigenvalue weighted by atomic mass is 127. The summed E-state index contributed by atoms with van der Waals surface area (Å²) in [5.41, 5.74) is 3.54. The Morgan fingerprint density at radius 1 is 1.24 bits per heavy atom. The molecule has 1 atom stereocenters. The number of hydrogen-bond acceptors (Lipinski definition) is 4. The minimum atomic E-state index is 0. The van der Waals surface area contributed by atoms with Gasteiger partial charge in [0.25, 0.3) is 0 Å². The van der Waals surface area contributed by atoms with Crippen molar-refractivity contribution in [3.05, 3.63) is 77.4 Å². The molecule has 1 aliphatic heterocycles. The Balaban J connectivity index is 0.00000324. The third-order valence-corrected chi connectivity index (χ3v) is 5.69. The van der Waals surface area contributed by atoms with Crippen molar-refractivity contribution in [3.8, 4) is 11.5 Å². The molecule has 8 heteroatoms. The summed E-state index contributed by atoms with van der Waals surface area (Å²) in [5.74, 6) is 3.65. The number of rotatable bonds is 9. The molecule has 1 aromatic heterocycles. The lowest BCUT2D eigenvalue weighted by molar-refractivity contribution is 0.254. The molecule has 0 saturated heterocycles. The van der Waals surface area contributed by atoms with E-state index in [0.717, 1.165) is 54.8 Å². The van der Waals surface area contributed by atoms with Crippen LogP contribution in [0.4, 0.5) is 0 Å². The van der Waals surface area contributed by atoms with Crippen LogP contribution in [0.1, 0.15) is 36.4 Å². The van der Waals surface area contributed by atoms with Crippen molar-refractivity contribution >= 4 is 29.9 Å². The average Bonchev–Trinajstić information content (AvgIpc) is 3.41. The SMILES string of the molecule is CCOc1cc2c(cc1CNC(=NC)NCCc1nccn1Cc1ccccc1)OC(C)C2.I. The van der Waals surface area contributed by atoms with Gasteiger partial charge in [-0.2, -0.15) is 0 Å². The highest BCUT2D eigenvalue weighted by molar-refractivity contribution is 14.0. The Bertz CT molecular complexity index is 1080. The van der Waals surface area contributed by atoms with Crippen LogP contribution < -0.4 is 20.1 Å². The molecule has 3 aromatic rings. The van der Waals surface area contributed by atoms with Gasteiger partial charge in [-0.15, -0.1) is 24.0 Å². The molecule has 2 N–H and O–H groups in total. The summed E-state index contributed by atoms with van der Waals surface area (Å²) < 4.78 is 14.0. The first kappa shape index (κ1) is 25.9.